The normalized spacial score (nSPS) is 12.1. The number of benzene rings is 2. The summed E-state index contributed by atoms with van der Waals surface area (Å²) >= 11 is 1.58. The number of aliphatic imine (C=N–C) groups is 1. The van der Waals surface area contributed by atoms with Crippen molar-refractivity contribution < 1.29 is 19.4 Å². The SMILES string of the molecule is CCNC(=NCc1ccc(OC)c(C(=O)OC)c1)NCC(O)c1cc2ccccc2s1.I. The summed E-state index contributed by atoms with van der Waals surface area (Å²) in [7, 11) is 2.84. The molecular weight excluding hydrogens is 541 g/mol. The maximum Gasteiger partial charge on any atom is 0.341 e. The zero-order chi connectivity index (χ0) is 22.2. The quantitative estimate of drug-likeness (QED) is 0.164. The molecule has 7 nitrogen and oxygen atoms in total. The van der Waals surface area contributed by atoms with E-state index in [1.54, 1.807) is 23.5 Å². The van der Waals surface area contributed by atoms with Gasteiger partial charge in [-0.15, -0.1) is 35.3 Å². The molecule has 3 N–H and O–H groups in total. The predicted octanol–water partition coefficient (Wildman–Crippen LogP) is 4.10. The van der Waals surface area contributed by atoms with E-state index in [2.05, 4.69) is 15.6 Å². The standard InChI is InChI=1S/C23H27N3O4S.HI/c1-4-24-23(25-13-15-9-10-19(29-2)17(11-15)22(28)30-3)26-14-18(27)21-12-16-7-5-6-8-20(16)31-21;/h5-12,18,27H,4,13-14H2,1-3H3,(H2,24,25,26);1H. The Morgan fingerprint density at radius 3 is 2.62 bits per heavy atom. The number of methoxy groups -OCH3 is 2. The van der Waals surface area contributed by atoms with Gasteiger partial charge in [0.25, 0.3) is 0 Å². The van der Waals surface area contributed by atoms with E-state index in [0.717, 1.165) is 20.5 Å². The van der Waals surface area contributed by atoms with Gasteiger partial charge in [0.15, 0.2) is 5.96 Å². The van der Waals surface area contributed by atoms with Crippen molar-refractivity contribution in [2.45, 2.75) is 19.6 Å². The number of ether oxygens (including phenoxy) is 2. The molecule has 0 bridgehead atoms. The average molecular weight is 569 g/mol. The molecule has 1 unspecified atom stereocenters. The number of nitrogens with zero attached hydrogens (tertiary/aromatic N) is 1. The van der Waals surface area contributed by atoms with Gasteiger partial charge in [0.1, 0.15) is 17.4 Å². The van der Waals surface area contributed by atoms with E-state index < -0.39 is 12.1 Å². The third-order valence-electron chi connectivity index (χ3n) is 4.67. The molecule has 0 saturated carbocycles. The lowest BCUT2D eigenvalue weighted by atomic mass is 10.1. The number of thiophene rings is 1. The van der Waals surface area contributed by atoms with Crippen LogP contribution in [0.1, 0.15) is 33.8 Å². The number of fused-ring (bicyclic) bond motifs is 1. The summed E-state index contributed by atoms with van der Waals surface area (Å²) in [5.41, 5.74) is 1.19. The Bertz CT molecular complexity index is 1040. The maximum atomic E-state index is 12.0. The van der Waals surface area contributed by atoms with Gasteiger partial charge in [0, 0.05) is 22.7 Å². The molecule has 0 aliphatic rings. The molecule has 32 heavy (non-hydrogen) atoms. The smallest absolute Gasteiger partial charge is 0.341 e. The van der Waals surface area contributed by atoms with Crippen LogP contribution in [0.2, 0.25) is 0 Å². The van der Waals surface area contributed by atoms with Gasteiger partial charge in [-0.1, -0.05) is 24.3 Å². The first-order valence-electron chi connectivity index (χ1n) is 9.99. The summed E-state index contributed by atoms with van der Waals surface area (Å²) in [5.74, 6) is 0.577. The second-order valence-electron chi connectivity index (χ2n) is 6.80. The molecule has 1 aromatic heterocycles. The lowest BCUT2D eigenvalue weighted by Gasteiger charge is -2.14. The lowest BCUT2D eigenvalue weighted by Crippen LogP contribution is -2.39. The number of hydrogen-bond acceptors (Lipinski definition) is 6. The van der Waals surface area contributed by atoms with E-state index >= 15 is 0 Å². The van der Waals surface area contributed by atoms with E-state index in [1.807, 2.05) is 43.3 Å². The second-order valence-corrected chi connectivity index (χ2v) is 7.92. The molecule has 0 aliphatic heterocycles. The number of aliphatic hydroxyl groups is 1. The molecule has 2 aromatic carbocycles. The first-order chi connectivity index (χ1) is 15.0. The van der Waals surface area contributed by atoms with Gasteiger partial charge in [0.2, 0.25) is 0 Å². The summed E-state index contributed by atoms with van der Waals surface area (Å²) < 4.78 is 11.2. The van der Waals surface area contributed by atoms with Crippen LogP contribution < -0.4 is 15.4 Å². The Morgan fingerprint density at radius 1 is 1.16 bits per heavy atom. The summed E-state index contributed by atoms with van der Waals surface area (Å²) in [6.45, 7) is 3.33. The minimum Gasteiger partial charge on any atom is -0.496 e. The third kappa shape index (κ3) is 6.57. The minimum absolute atomic E-state index is 0. The predicted molar refractivity (Wildman–Crippen MR) is 139 cm³/mol. The fourth-order valence-corrected chi connectivity index (χ4v) is 4.15. The number of carbonyl (C=O) groups is 1. The molecule has 0 aliphatic carbocycles. The number of aliphatic hydroxyl groups excluding tert-OH is 1. The molecule has 1 heterocycles. The van der Waals surface area contributed by atoms with E-state index in [-0.39, 0.29) is 24.0 Å². The molecular formula is C23H28IN3O4S. The number of guanidine groups is 1. The van der Waals surface area contributed by atoms with Crippen molar-refractivity contribution in [2.24, 2.45) is 4.99 Å². The highest BCUT2D eigenvalue weighted by Crippen LogP contribution is 2.29. The van der Waals surface area contributed by atoms with Crippen LogP contribution in [0.25, 0.3) is 10.1 Å². The van der Waals surface area contributed by atoms with Crippen molar-refractivity contribution in [1.29, 1.82) is 0 Å². The monoisotopic (exact) mass is 569 g/mol. The minimum atomic E-state index is -0.645. The highest BCUT2D eigenvalue weighted by Gasteiger charge is 2.14. The number of halogens is 1. The van der Waals surface area contributed by atoms with Gasteiger partial charge in [-0.05, 0) is 42.1 Å². The van der Waals surface area contributed by atoms with Crippen LogP contribution in [0.15, 0.2) is 53.5 Å². The molecule has 1 atom stereocenters. The number of rotatable bonds is 8. The summed E-state index contributed by atoms with van der Waals surface area (Å²) in [4.78, 5) is 17.4. The Hall–Kier alpha value is -2.37. The fourth-order valence-electron chi connectivity index (χ4n) is 3.10. The second kappa shape index (κ2) is 12.6. The van der Waals surface area contributed by atoms with Gasteiger partial charge in [-0.25, -0.2) is 9.79 Å². The molecule has 0 spiro atoms. The topological polar surface area (TPSA) is 92.2 Å². The number of nitrogens with one attached hydrogen (secondary N) is 2. The zero-order valence-corrected chi connectivity index (χ0v) is 21.4. The largest absolute Gasteiger partial charge is 0.496 e. The van der Waals surface area contributed by atoms with E-state index in [4.69, 9.17) is 9.47 Å². The molecule has 9 heteroatoms. The molecule has 0 saturated heterocycles. The number of carbonyl (C=O) groups excluding carboxylic acids is 1. The lowest BCUT2D eigenvalue weighted by molar-refractivity contribution is 0.0597. The highest BCUT2D eigenvalue weighted by atomic mass is 127. The van der Waals surface area contributed by atoms with E-state index in [0.29, 0.717) is 36.9 Å². The Balaban J connectivity index is 0.00000363. The van der Waals surface area contributed by atoms with Crippen LogP contribution in [0.5, 0.6) is 5.75 Å². The van der Waals surface area contributed by atoms with Gasteiger partial charge in [0.05, 0.1) is 20.8 Å². The fraction of sp³-hybridized carbons (Fsp3) is 0.304. The maximum absolute atomic E-state index is 12.0. The van der Waals surface area contributed by atoms with Crippen molar-refractivity contribution in [1.82, 2.24) is 10.6 Å². The molecule has 0 fully saturated rings. The van der Waals surface area contributed by atoms with Gasteiger partial charge >= 0.3 is 5.97 Å². The van der Waals surface area contributed by atoms with Crippen molar-refractivity contribution in [3.63, 3.8) is 0 Å². The van der Waals surface area contributed by atoms with Gasteiger partial charge in [-0.2, -0.15) is 0 Å². The van der Waals surface area contributed by atoms with Crippen LogP contribution >= 0.6 is 35.3 Å². The van der Waals surface area contributed by atoms with Crippen LogP contribution in [0.3, 0.4) is 0 Å². The third-order valence-corrected chi connectivity index (χ3v) is 5.89. The Kier molecular flexibility index (Phi) is 10.2. The molecule has 0 radical (unpaired) electrons. The van der Waals surface area contributed by atoms with Crippen LogP contribution in [0, 0.1) is 0 Å². The molecule has 3 rings (SSSR count). The van der Waals surface area contributed by atoms with Crippen molar-refractivity contribution in [3.8, 4) is 5.75 Å². The van der Waals surface area contributed by atoms with E-state index in [9.17, 15) is 9.90 Å². The highest BCUT2D eigenvalue weighted by molar-refractivity contribution is 14.0. The van der Waals surface area contributed by atoms with Gasteiger partial charge < -0.3 is 25.2 Å². The molecule has 3 aromatic rings. The Labute approximate surface area is 208 Å². The van der Waals surface area contributed by atoms with Gasteiger partial charge in [-0.3, -0.25) is 0 Å². The van der Waals surface area contributed by atoms with Crippen molar-refractivity contribution in [2.75, 3.05) is 27.3 Å². The van der Waals surface area contributed by atoms with Crippen LogP contribution in [-0.4, -0.2) is 44.3 Å². The summed E-state index contributed by atoms with van der Waals surface area (Å²) in [5, 5.41) is 18.1. The average Bonchev–Trinajstić information content (AvgIpc) is 3.24. The Morgan fingerprint density at radius 2 is 1.94 bits per heavy atom. The van der Waals surface area contributed by atoms with Crippen molar-refractivity contribution >= 4 is 57.3 Å². The number of esters is 1. The first kappa shape index (κ1) is 25.9. The van der Waals surface area contributed by atoms with Crippen LogP contribution in [0.4, 0.5) is 0 Å². The van der Waals surface area contributed by atoms with Crippen LogP contribution in [-0.2, 0) is 11.3 Å². The summed E-state index contributed by atoms with van der Waals surface area (Å²) in [6, 6.07) is 15.4. The van der Waals surface area contributed by atoms with E-state index in [1.165, 1.54) is 14.2 Å². The zero-order valence-electron chi connectivity index (χ0n) is 18.3. The number of hydrogen-bond donors (Lipinski definition) is 3. The molecule has 172 valence electrons. The molecule has 0 amide bonds. The first-order valence-corrected chi connectivity index (χ1v) is 10.8. The summed E-state index contributed by atoms with van der Waals surface area (Å²) in [6.07, 6.45) is -0.645. The van der Waals surface area contributed by atoms with Crippen molar-refractivity contribution in [3.05, 3.63) is 64.5 Å².